The van der Waals surface area contributed by atoms with Crippen LogP contribution in [0.2, 0.25) is 0 Å². The lowest BCUT2D eigenvalue weighted by atomic mass is 10.1. The van der Waals surface area contributed by atoms with Gasteiger partial charge in [-0.3, -0.25) is 4.79 Å². The van der Waals surface area contributed by atoms with E-state index in [1.165, 1.54) is 21.3 Å². The summed E-state index contributed by atoms with van der Waals surface area (Å²) in [6.45, 7) is 4.74. The van der Waals surface area contributed by atoms with Gasteiger partial charge in [0.15, 0.2) is 0 Å². The minimum atomic E-state index is -3.65. The molecule has 0 saturated heterocycles. The minimum absolute atomic E-state index is 0. The normalized spacial score (nSPS) is 14.9. The number of hydrogen-bond acceptors (Lipinski definition) is 5. The van der Waals surface area contributed by atoms with Crippen molar-refractivity contribution in [3.63, 3.8) is 0 Å². The number of rotatable bonds is 5. The van der Waals surface area contributed by atoms with E-state index < -0.39 is 15.6 Å². The highest BCUT2D eigenvalue weighted by Crippen LogP contribution is 2.28. The molecule has 0 radical (unpaired) electrons. The summed E-state index contributed by atoms with van der Waals surface area (Å²) in [6, 6.07) is 8.12. The summed E-state index contributed by atoms with van der Waals surface area (Å²) in [5, 5.41) is 4.73. The maximum atomic E-state index is 13.0. The third-order valence-electron chi connectivity index (χ3n) is 4.21. The number of nitrogens with two attached hydrogens (primary N) is 1. The molecule has 1 aromatic heterocycles. The van der Waals surface area contributed by atoms with Crippen LogP contribution in [0, 0.1) is 0 Å². The third kappa shape index (κ3) is 5.08. The van der Waals surface area contributed by atoms with Gasteiger partial charge in [0.05, 0.1) is 4.90 Å². The molecule has 3 rings (SSSR count). The highest BCUT2D eigenvalue weighted by atomic mass is 35.5. The first kappa shape index (κ1) is 21.8. The van der Waals surface area contributed by atoms with Crippen molar-refractivity contribution in [1.29, 1.82) is 0 Å². The van der Waals surface area contributed by atoms with Crippen LogP contribution in [0.4, 0.5) is 0 Å². The predicted octanol–water partition coefficient (Wildman–Crippen LogP) is 2.38. The van der Waals surface area contributed by atoms with Crippen LogP contribution >= 0.6 is 23.7 Å². The van der Waals surface area contributed by atoms with Gasteiger partial charge in [-0.25, -0.2) is 8.42 Å². The fourth-order valence-electron chi connectivity index (χ4n) is 2.78. The minimum Gasteiger partial charge on any atom is -0.350 e. The molecule has 1 amide bonds. The Bertz CT molecular complexity index is 920. The molecule has 1 aromatic carbocycles. The summed E-state index contributed by atoms with van der Waals surface area (Å²) >= 11 is 1.66. The molecule has 148 valence electrons. The number of amides is 1. The number of sulfonamides is 1. The van der Waals surface area contributed by atoms with E-state index in [1.807, 2.05) is 25.3 Å². The average Bonchev–Trinajstić information content (AvgIpc) is 3.07. The Hall–Kier alpha value is -1.45. The molecule has 9 heteroatoms. The van der Waals surface area contributed by atoms with Gasteiger partial charge < -0.3 is 11.1 Å². The zero-order chi connectivity index (χ0) is 18.9. The Kier molecular flexibility index (Phi) is 6.70. The maximum absolute atomic E-state index is 13.0. The maximum Gasteiger partial charge on any atom is 0.251 e. The Morgan fingerprint density at radius 1 is 1.33 bits per heavy atom. The topological polar surface area (TPSA) is 92.5 Å². The smallest absolute Gasteiger partial charge is 0.251 e. The van der Waals surface area contributed by atoms with E-state index in [-0.39, 0.29) is 23.2 Å². The molecule has 6 nitrogen and oxygen atoms in total. The van der Waals surface area contributed by atoms with Crippen LogP contribution in [0.1, 0.15) is 34.6 Å². The van der Waals surface area contributed by atoms with Crippen LogP contribution in [0.5, 0.6) is 0 Å². The molecule has 0 unspecified atom stereocenters. The van der Waals surface area contributed by atoms with Crippen LogP contribution in [-0.4, -0.2) is 37.3 Å². The number of carbonyl (C=O) groups excluding carboxylic acids is 1. The second-order valence-corrected chi connectivity index (χ2v) is 10.1. The summed E-state index contributed by atoms with van der Waals surface area (Å²) in [7, 11) is -3.65. The molecular formula is C18H24ClN3O3S2. The van der Waals surface area contributed by atoms with Crippen LogP contribution < -0.4 is 11.1 Å². The zero-order valence-electron chi connectivity index (χ0n) is 15.3. The first-order valence-corrected chi connectivity index (χ1v) is 10.7. The molecule has 0 fully saturated rings. The number of halogens is 1. The van der Waals surface area contributed by atoms with E-state index >= 15 is 0 Å². The van der Waals surface area contributed by atoms with Crippen molar-refractivity contribution in [1.82, 2.24) is 9.62 Å². The summed E-state index contributed by atoms with van der Waals surface area (Å²) in [6.07, 6.45) is 0.720. The molecule has 0 bridgehead atoms. The van der Waals surface area contributed by atoms with Gasteiger partial charge in [0.25, 0.3) is 5.91 Å². The molecule has 0 saturated carbocycles. The van der Waals surface area contributed by atoms with Gasteiger partial charge in [-0.15, -0.1) is 23.7 Å². The van der Waals surface area contributed by atoms with E-state index in [9.17, 15) is 13.2 Å². The molecule has 1 aliphatic heterocycles. The first-order valence-electron chi connectivity index (χ1n) is 8.39. The Labute approximate surface area is 170 Å². The fourth-order valence-corrected chi connectivity index (χ4v) is 5.14. The number of thiophene rings is 1. The van der Waals surface area contributed by atoms with Crippen molar-refractivity contribution in [2.45, 2.75) is 37.2 Å². The van der Waals surface area contributed by atoms with Crippen LogP contribution in [0.15, 0.2) is 40.6 Å². The van der Waals surface area contributed by atoms with Gasteiger partial charge in [0.1, 0.15) is 0 Å². The molecule has 2 aromatic rings. The molecule has 0 atom stereocenters. The SMILES string of the molecule is CC(C)(N)CNC(=O)c1cccc(S(=O)(=O)N2CCc3sccc3C2)c1.Cl. The van der Waals surface area contributed by atoms with Gasteiger partial charge in [0.2, 0.25) is 10.0 Å². The second-order valence-electron chi connectivity index (χ2n) is 7.16. The summed E-state index contributed by atoms with van der Waals surface area (Å²) in [4.78, 5) is 13.7. The molecule has 0 spiro atoms. The second kappa shape index (κ2) is 8.28. The van der Waals surface area contributed by atoms with Crippen molar-refractivity contribution in [3.05, 3.63) is 51.7 Å². The van der Waals surface area contributed by atoms with Crippen LogP contribution in [-0.2, 0) is 23.0 Å². The van der Waals surface area contributed by atoms with Gasteiger partial charge >= 0.3 is 0 Å². The Balaban J connectivity index is 0.00000261. The average molecular weight is 430 g/mol. The number of fused-ring (bicyclic) bond motifs is 1. The van der Waals surface area contributed by atoms with Gasteiger partial charge in [-0.2, -0.15) is 4.31 Å². The lowest BCUT2D eigenvalue weighted by Crippen LogP contribution is -2.45. The molecule has 0 aliphatic carbocycles. The molecule has 1 aliphatic rings. The van der Waals surface area contributed by atoms with E-state index in [0.717, 1.165) is 12.0 Å². The number of benzene rings is 1. The van der Waals surface area contributed by atoms with Crippen molar-refractivity contribution < 1.29 is 13.2 Å². The monoisotopic (exact) mass is 429 g/mol. The van der Waals surface area contributed by atoms with Gasteiger partial charge in [-0.05, 0) is 55.5 Å². The highest BCUT2D eigenvalue weighted by molar-refractivity contribution is 7.89. The predicted molar refractivity (Wildman–Crippen MR) is 110 cm³/mol. The summed E-state index contributed by atoms with van der Waals surface area (Å²) < 4.78 is 27.5. The Morgan fingerprint density at radius 2 is 2.07 bits per heavy atom. The number of carbonyl (C=O) groups is 1. The highest BCUT2D eigenvalue weighted by Gasteiger charge is 2.29. The zero-order valence-corrected chi connectivity index (χ0v) is 17.7. The lowest BCUT2D eigenvalue weighted by molar-refractivity contribution is 0.0946. The molecular weight excluding hydrogens is 406 g/mol. The van der Waals surface area contributed by atoms with E-state index in [0.29, 0.717) is 25.2 Å². The summed E-state index contributed by atoms with van der Waals surface area (Å²) in [5.41, 5.74) is 6.70. The number of nitrogens with zero attached hydrogens (tertiary/aromatic N) is 1. The fraction of sp³-hybridized carbons (Fsp3) is 0.389. The van der Waals surface area contributed by atoms with Gasteiger partial charge in [-0.1, -0.05) is 6.07 Å². The van der Waals surface area contributed by atoms with Crippen LogP contribution in [0.3, 0.4) is 0 Å². The number of nitrogens with one attached hydrogen (secondary N) is 1. The van der Waals surface area contributed by atoms with E-state index in [2.05, 4.69) is 5.32 Å². The standard InChI is InChI=1S/C18H23N3O3S2.ClH/c1-18(2,19)12-20-17(22)13-4-3-5-15(10-13)26(23,24)21-8-6-16-14(11-21)7-9-25-16;/h3-5,7,9-10H,6,8,11-12,19H2,1-2H3,(H,20,22);1H. The van der Waals surface area contributed by atoms with Crippen molar-refractivity contribution in [2.75, 3.05) is 13.1 Å². The quantitative estimate of drug-likeness (QED) is 0.763. The number of hydrogen-bond donors (Lipinski definition) is 2. The largest absolute Gasteiger partial charge is 0.350 e. The van der Waals surface area contributed by atoms with Crippen molar-refractivity contribution in [3.8, 4) is 0 Å². The third-order valence-corrected chi connectivity index (χ3v) is 7.08. The first-order chi connectivity index (χ1) is 12.2. The van der Waals surface area contributed by atoms with Gasteiger partial charge in [0, 0.05) is 35.6 Å². The molecule has 3 N–H and O–H groups in total. The van der Waals surface area contributed by atoms with Crippen molar-refractivity contribution >= 4 is 39.7 Å². The Morgan fingerprint density at radius 3 is 2.78 bits per heavy atom. The lowest BCUT2D eigenvalue weighted by Gasteiger charge is -2.26. The van der Waals surface area contributed by atoms with E-state index in [1.54, 1.807) is 23.5 Å². The van der Waals surface area contributed by atoms with E-state index in [4.69, 9.17) is 5.73 Å². The summed E-state index contributed by atoms with van der Waals surface area (Å²) in [5.74, 6) is -0.334. The van der Waals surface area contributed by atoms with Crippen molar-refractivity contribution in [2.24, 2.45) is 5.73 Å². The van der Waals surface area contributed by atoms with Crippen LogP contribution in [0.25, 0.3) is 0 Å². The molecule has 2 heterocycles. The molecule has 27 heavy (non-hydrogen) atoms.